The second-order valence-electron chi connectivity index (χ2n) is 7.76. The van der Waals surface area contributed by atoms with Gasteiger partial charge in [0.15, 0.2) is 8.32 Å². The van der Waals surface area contributed by atoms with E-state index in [4.69, 9.17) is 9.47 Å². The van der Waals surface area contributed by atoms with Gasteiger partial charge in [0.25, 0.3) is 0 Å². The maximum absolute atomic E-state index is 12.4. The highest BCUT2D eigenvalue weighted by Crippen LogP contribution is 2.44. The van der Waals surface area contributed by atoms with Gasteiger partial charge in [-0.15, -0.1) is 0 Å². The summed E-state index contributed by atoms with van der Waals surface area (Å²) in [5.41, 5.74) is 0.762. The Balaban J connectivity index is 1.76. The molecule has 1 saturated heterocycles. The van der Waals surface area contributed by atoms with Crippen LogP contribution in [0.1, 0.15) is 26.7 Å². The summed E-state index contributed by atoms with van der Waals surface area (Å²) in [6.45, 7) is 8.53. The van der Waals surface area contributed by atoms with Crippen LogP contribution in [0.3, 0.4) is 0 Å². The first-order valence-electron chi connectivity index (χ1n) is 8.25. The number of hydrogen-bond acceptors (Lipinski definition) is 4. The van der Waals surface area contributed by atoms with Gasteiger partial charge < -0.3 is 14.3 Å². The van der Waals surface area contributed by atoms with Crippen molar-refractivity contribution in [3.8, 4) is 5.75 Å². The van der Waals surface area contributed by atoms with E-state index < -0.39 is 8.32 Å². The van der Waals surface area contributed by atoms with Crippen molar-refractivity contribution >= 4 is 36.0 Å². The van der Waals surface area contributed by atoms with E-state index in [0.717, 1.165) is 23.0 Å². The van der Waals surface area contributed by atoms with Crippen molar-refractivity contribution in [2.75, 3.05) is 11.5 Å². The van der Waals surface area contributed by atoms with E-state index in [-0.39, 0.29) is 23.3 Å². The number of ether oxygens (including phenoxy) is 2. The number of amides is 1. The predicted molar refractivity (Wildman–Crippen MR) is 99.1 cm³/mol. The second kappa shape index (κ2) is 6.03. The van der Waals surface area contributed by atoms with Crippen LogP contribution in [0, 0.1) is 0 Å². The van der Waals surface area contributed by atoms with Gasteiger partial charge in [-0.25, -0.2) is 4.79 Å². The molecule has 24 heavy (non-hydrogen) atoms. The molecule has 0 aromatic heterocycles. The number of fused-ring (bicyclic) bond motifs is 3. The SMILES string of the molecule is CC(C)(CC[C@@H]1OC(=O)N2c3ccc(Br)cc3OC[C@@H]12)[Si](C)(C)O. The van der Waals surface area contributed by atoms with Gasteiger partial charge >= 0.3 is 6.09 Å². The van der Waals surface area contributed by atoms with Crippen LogP contribution < -0.4 is 9.64 Å². The van der Waals surface area contributed by atoms with Crippen LogP contribution in [-0.2, 0) is 4.74 Å². The molecular formula is C17H24BrNO4Si. The third-order valence-corrected chi connectivity index (χ3v) is 9.57. The maximum atomic E-state index is 12.4. The van der Waals surface area contributed by atoms with Crippen LogP contribution in [0.25, 0.3) is 0 Å². The zero-order valence-electron chi connectivity index (χ0n) is 14.5. The van der Waals surface area contributed by atoms with Crippen LogP contribution in [0.2, 0.25) is 18.1 Å². The molecule has 2 heterocycles. The first-order valence-corrected chi connectivity index (χ1v) is 12.0. The molecule has 0 aliphatic carbocycles. The monoisotopic (exact) mass is 413 g/mol. The normalized spacial score (nSPS) is 23.4. The van der Waals surface area contributed by atoms with E-state index in [1.54, 1.807) is 4.90 Å². The Hall–Kier alpha value is -1.05. The lowest BCUT2D eigenvalue weighted by molar-refractivity contribution is 0.111. The summed E-state index contributed by atoms with van der Waals surface area (Å²) in [4.78, 5) is 24.5. The van der Waals surface area contributed by atoms with Crippen LogP contribution in [-0.4, -0.2) is 38.0 Å². The lowest BCUT2D eigenvalue weighted by atomic mass is 9.98. The standard InChI is InChI=1S/C17H24BrNO4Si/c1-17(2,24(3,4)21)8-7-14-13-10-22-15-9-11(18)5-6-12(15)19(13)16(20)23-14/h5-6,9,13-14,21H,7-8,10H2,1-4H3/t13-,14-/m0/s1. The molecule has 0 saturated carbocycles. The molecule has 1 fully saturated rings. The molecule has 0 unspecified atom stereocenters. The Bertz CT molecular complexity index is 658. The quantitative estimate of drug-likeness (QED) is 0.747. The highest BCUT2D eigenvalue weighted by atomic mass is 79.9. The third-order valence-electron chi connectivity index (χ3n) is 5.51. The van der Waals surface area contributed by atoms with Gasteiger partial charge in [0.2, 0.25) is 0 Å². The highest BCUT2D eigenvalue weighted by Gasteiger charge is 2.47. The minimum absolute atomic E-state index is 0.106. The number of carbonyl (C=O) groups excluding carboxylic acids is 1. The molecular weight excluding hydrogens is 390 g/mol. The summed E-state index contributed by atoms with van der Waals surface area (Å²) < 4.78 is 12.4. The lowest BCUT2D eigenvalue weighted by Crippen LogP contribution is -2.45. The largest absolute Gasteiger partial charge is 0.489 e. The Morgan fingerprint density at radius 2 is 2.12 bits per heavy atom. The van der Waals surface area contributed by atoms with E-state index in [1.807, 2.05) is 31.3 Å². The molecule has 2 aliphatic heterocycles. The summed E-state index contributed by atoms with van der Waals surface area (Å²) in [5, 5.41) is -0.134. The molecule has 7 heteroatoms. The Labute approximate surface area is 152 Å². The maximum Gasteiger partial charge on any atom is 0.415 e. The van der Waals surface area contributed by atoms with E-state index in [1.165, 1.54) is 0 Å². The molecule has 2 atom stereocenters. The van der Waals surface area contributed by atoms with Gasteiger partial charge in [0, 0.05) is 4.47 Å². The fraction of sp³-hybridized carbons (Fsp3) is 0.588. The van der Waals surface area contributed by atoms with E-state index in [2.05, 4.69) is 29.8 Å². The van der Waals surface area contributed by atoms with Gasteiger partial charge in [-0.2, -0.15) is 0 Å². The summed E-state index contributed by atoms with van der Waals surface area (Å²) in [5.74, 6) is 0.697. The van der Waals surface area contributed by atoms with Gasteiger partial charge in [-0.3, -0.25) is 4.90 Å². The summed E-state index contributed by atoms with van der Waals surface area (Å²) in [7, 11) is -2.27. The minimum Gasteiger partial charge on any atom is -0.489 e. The number of benzene rings is 1. The number of hydrogen-bond donors (Lipinski definition) is 1. The van der Waals surface area contributed by atoms with Gasteiger partial charge in [0.1, 0.15) is 24.5 Å². The summed E-state index contributed by atoms with van der Waals surface area (Å²) >= 11 is 3.42. The van der Waals surface area contributed by atoms with Crippen molar-refractivity contribution in [3.63, 3.8) is 0 Å². The molecule has 5 nitrogen and oxygen atoms in total. The molecule has 1 aromatic rings. The zero-order chi connectivity index (χ0) is 17.7. The fourth-order valence-corrected chi connectivity index (χ4v) is 4.16. The summed E-state index contributed by atoms with van der Waals surface area (Å²) in [6, 6.07) is 5.54. The fourth-order valence-electron chi connectivity index (χ4n) is 3.06. The third kappa shape index (κ3) is 3.09. The number of carbonyl (C=O) groups is 1. The van der Waals surface area contributed by atoms with E-state index in [0.29, 0.717) is 12.4 Å². The van der Waals surface area contributed by atoms with Crippen molar-refractivity contribution < 1.29 is 19.1 Å². The van der Waals surface area contributed by atoms with Crippen LogP contribution in [0.4, 0.5) is 10.5 Å². The predicted octanol–water partition coefficient (Wildman–Crippen LogP) is 4.29. The second-order valence-corrected chi connectivity index (χ2v) is 13.2. The Kier molecular flexibility index (Phi) is 4.47. The average Bonchev–Trinajstić information content (AvgIpc) is 2.80. The van der Waals surface area contributed by atoms with Crippen molar-refractivity contribution in [2.45, 2.75) is 57.0 Å². The molecule has 3 rings (SSSR count). The average molecular weight is 414 g/mol. The molecule has 0 bridgehead atoms. The van der Waals surface area contributed by atoms with E-state index in [9.17, 15) is 9.59 Å². The number of cyclic esters (lactones) is 1. The van der Waals surface area contributed by atoms with Crippen molar-refractivity contribution in [2.24, 2.45) is 0 Å². The first kappa shape index (κ1) is 17.8. The van der Waals surface area contributed by atoms with Crippen LogP contribution in [0.5, 0.6) is 5.75 Å². The molecule has 2 aliphatic rings. The number of halogens is 1. The smallest absolute Gasteiger partial charge is 0.415 e. The number of nitrogens with zero attached hydrogens (tertiary/aromatic N) is 1. The summed E-state index contributed by atoms with van der Waals surface area (Å²) in [6.07, 6.45) is 1.03. The Morgan fingerprint density at radius 3 is 2.79 bits per heavy atom. The topological polar surface area (TPSA) is 59.0 Å². The zero-order valence-corrected chi connectivity index (χ0v) is 17.1. The lowest BCUT2D eigenvalue weighted by Gasteiger charge is -2.36. The van der Waals surface area contributed by atoms with Crippen LogP contribution in [0.15, 0.2) is 22.7 Å². The molecule has 1 aromatic carbocycles. The van der Waals surface area contributed by atoms with Gasteiger partial charge in [-0.1, -0.05) is 29.8 Å². The van der Waals surface area contributed by atoms with Gasteiger partial charge in [0.05, 0.1) is 5.69 Å². The van der Waals surface area contributed by atoms with Crippen molar-refractivity contribution in [1.29, 1.82) is 0 Å². The van der Waals surface area contributed by atoms with Crippen LogP contribution >= 0.6 is 15.9 Å². The molecule has 0 radical (unpaired) electrons. The number of rotatable bonds is 4. The highest BCUT2D eigenvalue weighted by molar-refractivity contribution is 9.10. The molecule has 1 N–H and O–H groups in total. The number of anilines is 1. The molecule has 0 spiro atoms. The van der Waals surface area contributed by atoms with Gasteiger partial charge in [-0.05, 0) is 49.2 Å². The van der Waals surface area contributed by atoms with Crippen molar-refractivity contribution in [3.05, 3.63) is 22.7 Å². The van der Waals surface area contributed by atoms with Crippen molar-refractivity contribution in [1.82, 2.24) is 0 Å². The first-order chi connectivity index (χ1) is 11.1. The minimum atomic E-state index is -2.27. The molecule has 132 valence electrons. The van der Waals surface area contributed by atoms with E-state index >= 15 is 0 Å². The molecule has 1 amide bonds. The Morgan fingerprint density at radius 1 is 1.42 bits per heavy atom.